The molecule has 0 bridgehead atoms. The number of rotatable bonds is 9. The summed E-state index contributed by atoms with van der Waals surface area (Å²) in [6.45, 7) is 4.71. The molecular weight excluding hydrogens is 396 g/mol. The van der Waals surface area contributed by atoms with E-state index in [0.29, 0.717) is 23.8 Å². The van der Waals surface area contributed by atoms with Gasteiger partial charge in [0.1, 0.15) is 5.75 Å². The summed E-state index contributed by atoms with van der Waals surface area (Å²) < 4.78 is 21.5. The average molecular weight is 427 g/mol. The zero-order valence-corrected chi connectivity index (χ0v) is 18.3. The highest BCUT2D eigenvalue weighted by Gasteiger charge is 2.13. The molecule has 2 aromatic rings. The van der Waals surface area contributed by atoms with Gasteiger partial charge in [-0.3, -0.25) is 9.69 Å². The van der Waals surface area contributed by atoms with Crippen molar-refractivity contribution >= 4 is 12.0 Å². The SMILES string of the molecule is COc1cc(OC)c(OC)cc1/C=C/C(=O)NCc1ccccc1CN1CCOCC1. The Balaban J connectivity index is 1.64. The molecule has 0 atom stereocenters. The zero-order valence-electron chi connectivity index (χ0n) is 18.3. The highest BCUT2D eigenvalue weighted by molar-refractivity contribution is 5.92. The van der Waals surface area contributed by atoms with Crippen molar-refractivity contribution in [1.29, 1.82) is 0 Å². The Morgan fingerprint density at radius 1 is 1.00 bits per heavy atom. The summed E-state index contributed by atoms with van der Waals surface area (Å²) in [5, 5.41) is 2.97. The summed E-state index contributed by atoms with van der Waals surface area (Å²) in [5.41, 5.74) is 3.05. The van der Waals surface area contributed by atoms with Gasteiger partial charge in [0.25, 0.3) is 0 Å². The molecule has 31 heavy (non-hydrogen) atoms. The third-order valence-electron chi connectivity index (χ3n) is 5.22. The predicted octanol–water partition coefficient (Wildman–Crippen LogP) is 2.87. The van der Waals surface area contributed by atoms with Crippen molar-refractivity contribution in [2.75, 3.05) is 47.6 Å². The maximum atomic E-state index is 12.4. The van der Waals surface area contributed by atoms with Crippen LogP contribution >= 0.6 is 0 Å². The molecule has 1 aliphatic heterocycles. The Morgan fingerprint density at radius 3 is 2.32 bits per heavy atom. The molecule has 3 rings (SSSR count). The molecule has 0 aliphatic carbocycles. The van der Waals surface area contributed by atoms with Gasteiger partial charge in [-0.2, -0.15) is 0 Å². The Hall–Kier alpha value is -3.03. The van der Waals surface area contributed by atoms with E-state index in [9.17, 15) is 4.79 Å². The van der Waals surface area contributed by atoms with E-state index in [2.05, 4.69) is 22.3 Å². The number of morpholine rings is 1. The van der Waals surface area contributed by atoms with Gasteiger partial charge in [-0.15, -0.1) is 0 Å². The van der Waals surface area contributed by atoms with Crippen LogP contribution in [0.25, 0.3) is 6.08 Å². The lowest BCUT2D eigenvalue weighted by Crippen LogP contribution is -2.36. The normalized spacial score (nSPS) is 14.4. The van der Waals surface area contributed by atoms with Crippen LogP contribution in [0.3, 0.4) is 0 Å². The molecule has 1 amide bonds. The van der Waals surface area contributed by atoms with Crippen molar-refractivity contribution in [2.24, 2.45) is 0 Å². The Bertz CT molecular complexity index is 907. The molecule has 0 spiro atoms. The molecule has 166 valence electrons. The second-order valence-electron chi connectivity index (χ2n) is 7.16. The van der Waals surface area contributed by atoms with E-state index < -0.39 is 0 Å². The van der Waals surface area contributed by atoms with Gasteiger partial charge in [0.2, 0.25) is 5.91 Å². The second kappa shape index (κ2) is 11.4. The number of benzene rings is 2. The van der Waals surface area contributed by atoms with Crippen molar-refractivity contribution < 1.29 is 23.7 Å². The van der Waals surface area contributed by atoms with E-state index >= 15 is 0 Å². The number of carbonyl (C=O) groups is 1. The summed E-state index contributed by atoms with van der Waals surface area (Å²) in [5.74, 6) is 1.55. The van der Waals surface area contributed by atoms with Crippen molar-refractivity contribution in [3.63, 3.8) is 0 Å². The molecule has 0 saturated carbocycles. The number of nitrogens with one attached hydrogen (secondary N) is 1. The maximum absolute atomic E-state index is 12.4. The standard InChI is InChI=1S/C24H30N2O5/c1-28-21-15-23(30-3)22(29-2)14-18(21)8-9-24(27)25-16-19-6-4-5-7-20(19)17-26-10-12-31-13-11-26/h4-9,14-15H,10-13,16-17H2,1-3H3,(H,25,27)/b9-8+. The first-order valence-electron chi connectivity index (χ1n) is 10.3. The molecule has 1 heterocycles. The summed E-state index contributed by atoms with van der Waals surface area (Å²) in [6.07, 6.45) is 3.20. The van der Waals surface area contributed by atoms with Gasteiger partial charge < -0.3 is 24.3 Å². The fraction of sp³-hybridized carbons (Fsp3) is 0.375. The van der Waals surface area contributed by atoms with Gasteiger partial charge >= 0.3 is 0 Å². The fourth-order valence-corrected chi connectivity index (χ4v) is 3.47. The van der Waals surface area contributed by atoms with Crippen molar-refractivity contribution in [1.82, 2.24) is 10.2 Å². The van der Waals surface area contributed by atoms with Crippen LogP contribution in [0.15, 0.2) is 42.5 Å². The first-order chi connectivity index (χ1) is 15.1. The van der Waals surface area contributed by atoms with Gasteiger partial charge in [0.05, 0.1) is 34.5 Å². The quantitative estimate of drug-likeness (QED) is 0.622. The lowest BCUT2D eigenvalue weighted by Gasteiger charge is -2.27. The number of hydrogen-bond donors (Lipinski definition) is 1. The van der Waals surface area contributed by atoms with Crippen LogP contribution in [0, 0.1) is 0 Å². The van der Waals surface area contributed by atoms with Crippen LogP contribution in [0.5, 0.6) is 17.2 Å². The number of carbonyl (C=O) groups excluding carboxylic acids is 1. The summed E-state index contributed by atoms with van der Waals surface area (Å²) in [6, 6.07) is 11.7. The maximum Gasteiger partial charge on any atom is 0.244 e. The first kappa shape index (κ1) is 22.7. The van der Waals surface area contributed by atoms with Crippen LogP contribution in [0.1, 0.15) is 16.7 Å². The Labute approximate surface area is 183 Å². The van der Waals surface area contributed by atoms with Crippen LogP contribution < -0.4 is 19.5 Å². The third-order valence-corrected chi connectivity index (χ3v) is 5.22. The molecule has 0 unspecified atom stereocenters. The lowest BCUT2D eigenvalue weighted by atomic mass is 10.1. The van der Waals surface area contributed by atoms with E-state index in [1.54, 1.807) is 39.5 Å². The minimum absolute atomic E-state index is 0.182. The summed E-state index contributed by atoms with van der Waals surface area (Å²) in [4.78, 5) is 14.8. The average Bonchev–Trinajstić information content (AvgIpc) is 2.82. The number of hydrogen-bond acceptors (Lipinski definition) is 6. The molecule has 7 heteroatoms. The van der Waals surface area contributed by atoms with E-state index in [4.69, 9.17) is 18.9 Å². The Morgan fingerprint density at radius 2 is 1.65 bits per heavy atom. The van der Waals surface area contributed by atoms with E-state index in [1.165, 1.54) is 11.6 Å². The van der Waals surface area contributed by atoms with Gasteiger partial charge in [-0.1, -0.05) is 24.3 Å². The molecule has 1 aliphatic rings. The molecular formula is C24H30N2O5. The van der Waals surface area contributed by atoms with Crippen LogP contribution in [-0.4, -0.2) is 58.4 Å². The van der Waals surface area contributed by atoms with Gasteiger partial charge in [0.15, 0.2) is 11.5 Å². The van der Waals surface area contributed by atoms with Gasteiger partial charge in [0, 0.05) is 43.9 Å². The largest absolute Gasteiger partial charge is 0.496 e. The minimum atomic E-state index is -0.182. The second-order valence-corrected chi connectivity index (χ2v) is 7.16. The number of amides is 1. The number of methoxy groups -OCH3 is 3. The van der Waals surface area contributed by atoms with Crippen molar-refractivity contribution in [2.45, 2.75) is 13.1 Å². The first-order valence-corrected chi connectivity index (χ1v) is 10.3. The van der Waals surface area contributed by atoms with E-state index in [0.717, 1.165) is 44.0 Å². The molecule has 1 N–H and O–H groups in total. The summed E-state index contributed by atoms with van der Waals surface area (Å²) >= 11 is 0. The smallest absolute Gasteiger partial charge is 0.244 e. The fourth-order valence-electron chi connectivity index (χ4n) is 3.47. The van der Waals surface area contributed by atoms with E-state index in [1.807, 2.05) is 12.1 Å². The van der Waals surface area contributed by atoms with Crippen molar-refractivity contribution in [3.05, 3.63) is 59.2 Å². The monoisotopic (exact) mass is 426 g/mol. The number of ether oxygens (including phenoxy) is 4. The molecule has 1 saturated heterocycles. The number of nitrogens with zero attached hydrogens (tertiary/aromatic N) is 1. The predicted molar refractivity (Wildman–Crippen MR) is 120 cm³/mol. The van der Waals surface area contributed by atoms with Crippen LogP contribution in [0.4, 0.5) is 0 Å². The van der Waals surface area contributed by atoms with Crippen molar-refractivity contribution in [3.8, 4) is 17.2 Å². The minimum Gasteiger partial charge on any atom is -0.496 e. The van der Waals surface area contributed by atoms with Crippen LogP contribution in [0.2, 0.25) is 0 Å². The zero-order chi connectivity index (χ0) is 22.1. The van der Waals surface area contributed by atoms with Crippen LogP contribution in [-0.2, 0) is 22.6 Å². The highest BCUT2D eigenvalue weighted by atomic mass is 16.5. The lowest BCUT2D eigenvalue weighted by molar-refractivity contribution is -0.116. The molecule has 0 aromatic heterocycles. The van der Waals surface area contributed by atoms with Gasteiger partial charge in [-0.25, -0.2) is 0 Å². The summed E-state index contributed by atoms with van der Waals surface area (Å²) in [7, 11) is 4.71. The Kier molecular flexibility index (Phi) is 8.32. The molecule has 0 radical (unpaired) electrons. The highest BCUT2D eigenvalue weighted by Crippen LogP contribution is 2.35. The molecule has 7 nitrogen and oxygen atoms in total. The molecule has 1 fully saturated rings. The topological polar surface area (TPSA) is 69.3 Å². The third kappa shape index (κ3) is 6.23. The van der Waals surface area contributed by atoms with Gasteiger partial charge in [-0.05, 0) is 23.3 Å². The molecule has 2 aromatic carbocycles. The van der Waals surface area contributed by atoms with E-state index in [-0.39, 0.29) is 5.91 Å².